The Balaban J connectivity index is 2.29. The van der Waals surface area contributed by atoms with Crippen LogP contribution in [0, 0.1) is 5.92 Å². The highest BCUT2D eigenvalue weighted by Gasteiger charge is 2.34. The van der Waals surface area contributed by atoms with Gasteiger partial charge in [-0.15, -0.1) is 0 Å². The Kier molecular flexibility index (Phi) is 1.54. The molecule has 2 unspecified atom stereocenters. The maximum atomic E-state index is 8.65. The van der Waals surface area contributed by atoms with E-state index in [2.05, 4.69) is 0 Å². The quantitative estimate of drug-likeness (QED) is 0.537. The molecular formula is C6H12O2. The van der Waals surface area contributed by atoms with Gasteiger partial charge in [0.1, 0.15) is 0 Å². The third kappa shape index (κ3) is 0.740. The smallest absolute Gasteiger partial charge is 0.0625 e. The van der Waals surface area contributed by atoms with Crippen LogP contribution in [0.15, 0.2) is 0 Å². The lowest BCUT2D eigenvalue weighted by molar-refractivity contribution is -0.178. The van der Waals surface area contributed by atoms with Crippen LogP contribution in [-0.2, 0) is 4.74 Å². The third-order valence-corrected chi connectivity index (χ3v) is 1.85. The van der Waals surface area contributed by atoms with Crippen LogP contribution in [0.1, 0.15) is 13.8 Å². The van der Waals surface area contributed by atoms with Crippen molar-refractivity contribution in [2.24, 2.45) is 5.92 Å². The highest BCUT2D eigenvalue weighted by molar-refractivity contribution is 4.81. The number of aliphatic hydroxyl groups excluding tert-OH is 1. The fraction of sp³-hybridized carbons (Fsp3) is 1.00. The minimum Gasteiger partial charge on any atom is -0.396 e. The van der Waals surface area contributed by atoms with Crippen molar-refractivity contribution < 1.29 is 9.84 Å². The van der Waals surface area contributed by atoms with Gasteiger partial charge in [0.2, 0.25) is 0 Å². The largest absolute Gasteiger partial charge is 0.396 e. The van der Waals surface area contributed by atoms with E-state index in [4.69, 9.17) is 9.84 Å². The summed E-state index contributed by atoms with van der Waals surface area (Å²) in [6.45, 7) is 4.24. The maximum Gasteiger partial charge on any atom is 0.0625 e. The fourth-order valence-electron chi connectivity index (χ4n) is 1.13. The summed E-state index contributed by atoms with van der Waals surface area (Å²) in [6, 6.07) is 0. The summed E-state index contributed by atoms with van der Waals surface area (Å²) < 4.78 is 5.18. The topological polar surface area (TPSA) is 29.5 Å². The normalized spacial score (nSPS) is 46.1. The summed E-state index contributed by atoms with van der Waals surface area (Å²) in [5.74, 6) is 0.384. The van der Waals surface area contributed by atoms with Crippen LogP contribution >= 0.6 is 0 Å². The zero-order valence-corrected chi connectivity index (χ0v) is 5.29. The lowest BCUT2D eigenvalue weighted by atomic mass is 9.93. The van der Waals surface area contributed by atoms with Crippen LogP contribution in [0.4, 0.5) is 0 Å². The monoisotopic (exact) mass is 116 g/mol. The SMILES string of the molecule is CC1OC(C)C1CO. The molecule has 48 valence electrons. The van der Waals surface area contributed by atoms with Crippen molar-refractivity contribution in [3.8, 4) is 0 Å². The first-order chi connectivity index (χ1) is 3.75. The van der Waals surface area contributed by atoms with Gasteiger partial charge in [-0.1, -0.05) is 0 Å². The molecule has 0 amide bonds. The third-order valence-electron chi connectivity index (χ3n) is 1.85. The Hall–Kier alpha value is -0.0800. The molecule has 1 fully saturated rings. The van der Waals surface area contributed by atoms with Gasteiger partial charge in [-0.25, -0.2) is 0 Å². The van der Waals surface area contributed by atoms with E-state index in [1.165, 1.54) is 0 Å². The van der Waals surface area contributed by atoms with Crippen LogP contribution in [0.5, 0.6) is 0 Å². The molecule has 0 radical (unpaired) electrons. The lowest BCUT2D eigenvalue weighted by Gasteiger charge is -2.39. The Labute approximate surface area is 49.5 Å². The van der Waals surface area contributed by atoms with Gasteiger partial charge in [-0.2, -0.15) is 0 Å². The number of hydrogen-bond donors (Lipinski definition) is 1. The average Bonchev–Trinajstić information content (AvgIpc) is 1.67. The molecule has 1 aliphatic heterocycles. The summed E-state index contributed by atoms with van der Waals surface area (Å²) in [5.41, 5.74) is 0. The van der Waals surface area contributed by atoms with Gasteiger partial charge in [-0.3, -0.25) is 0 Å². The second kappa shape index (κ2) is 2.03. The van der Waals surface area contributed by atoms with E-state index in [0.717, 1.165) is 0 Å². The minimum absolute atomic E-state index is 0.266. The number of ether oxygens (including phenoxy) is 1. The number of hydrogen-bond acceptors (Lipinski definition) is 2. The maximum absolute atomic E-state index is 8.65. The molecule has 0 bridgehead atoms. The molecule has 1 aliphatic rings. The van der Waals surface area contributed by atoms with Gasteiger partial charge < -0.3 is 9.84 Å². The number of aliphatic hydroxyl groups is 1. The van der Waals surface area contributed by atoms with Crippen molar-refractivity contribution in [1.82, 2.24) is 0 Å². The molecule has 2 atom stereocenters. The molecule has 0 spiro atoms. The second-order valence-corrected chi connectivity index (χ2v) is 2.39. The molecule has 0 aromatic carbocycles. The highest BCUT2D eigenvalue weighted by atomic mass is 16.5. The molecule has 0 aromatic rings. The Morgan fingerprint density at radius 1 is 1.38 bits per heavy atom. The average molecular weight is 116 g/mol. The van der Waals surface area contributed by atoms with Crippen molar-refractivity contribution >= 4 is 0 Å². The Morgan fingerprint density at radius 2 is 1.88 bits per heavy atom. The zero-order valence-electron chi connectivity index (χ0n) is 5.29. The number of rotatable bonds is 1. The summed E-state index contributed by atoms with van der Waals surface area (Å²) in [7, 11) is 0. The van der Waals surface area contributed by atoms with Crippen molar-refractivity contribution in [2.75, 3.05) is 6.61 Å². The summed E-state index contributed by atoms with van der Waals surface area (Å²) in [4.78, 5) is 0. The molecule has 1 N–H and O–H groups in total. The molecule has 1 heterocycles. The van der Waals surface area contributed by atoms with Gasteiger partial charge in [0, 0.05) is 5.92 Å². The summed E-state index contributed by atoms with van der Waals surface area (Å²) in [5, 5.41) is 8.65. The van der Waals surface area contributed by atoms with E-state index < -0.39 is 0 Å². The van der Waals surface area contributed by atoms with Crippen molar-refractivity contribution in [3.63, 3.8) is 0 Å². The second-order valence-electron chi connectivity index (χ2n) is 2.39. The standard InChI is InChI=1S/C6H12O2/c1-4-6(3-7)5(2)8-4/h4-7H,3H2,1-2H3. The van der Waals surface area contributed by atoms with Crippen molar-refractivity contribution in [3.05, 3.63) is 0 Å². The molecule has 2 nitrogen and oxygen atoms in total. The first-order valence-corrected chi connectivity index (χ1v) is 3.02. The first kappa shape index (κ1) is 6.05. The van der Waals surface area contributed by atoms with Crippen molar-refractivity contribution in [1.29, 1.82) is 0 Å². The van der Waals surface area contributed by atoms with E-state index >= 15 is 0 Å². The van der Waals surface area contributed by atoms with Gasteiger partial charge >= 0.3 is 0 Å². The van der Waals surface area contributed by atoms with Crippen LogP contribution < -0.4 is 0 Å². The first-order valence-electron chi connectivity index (χ1n) is 3.02. The molecule has 0 saturated carbocycles. The van der Waals surface area contributed by atoms with E-state index in [1.807, 2.05) is 13.8 Å². The van der Waals surface area contributed by atoms with Gasteiger partial charge in [-0.05, 0) is 13.8 Å². The highest BCUT2D eigenvalue weighted by Crippen LogP contribution is 2.26. The predicted molar refractivity (Wildman–Crippen MR) is 30.6 cm³/mol. The minimum atomic E-state index is 0.266. The van der Waals surface area contributed by atoms with Gasteiger partial charge in [0.15, 0.2) is 0 Å². The Morgan fingerprint density at radius 3 is 2.00 bits per heavy atom. The van der Waals surface area contributed by atoms with Crippen molar-refractivity contribution in [2.45, 2.75) is 26.1 Å². The van der Waals surface area contributed by atoms with Crippen LogP contribution in [0.3, 0.4) is 0 Å². The van der Waals surface area contributed by atoms with Crippen LogP contribution in [0.2, 0.25) is 0 Å². The molecule has 8 heavy (non-hydrogen) atoms. The summed E-state index contributed by atoms with van der Waals surface area (Å²) in [6.07, 6.45) is 0.546. The Bertz CT molecular complexity index is 74.6. The van der Waals surface area contributed by atoms with Crippen LogP contribution in [0.25, 0.3) is 0 Å². The molecular weight excluding hydrogens is 104 g/mol. The van der Waals surface area contributed by atoms with Gasteiger partial charge in [0.05, 0.1) is 18.8 Å². The molecule has 1 rings (SSSR count). The van der Waals surface area contributed by atoms with Gasteiger partial charge in [0.25, 0.3) is 0 Å². The predicted octanol–water partition coefficient (Wildman–Crippen LogP) is 0.402. The summed E-state index contributed by atoms with van der Waals surface area (Å²) >= 11 is 0. The molecule has 0 aliphatic carbocycles. The molecule has 0 aromatic heterocycles. The fourth-order valence-corrected chi connectivity index (χ4v) is 1.13. The zero-order chi connectivity index (χ0) is 6.15. The lowest BCUT2D eigenvalue weighted by Crippen LogP contribution is -2.47. The van der Waals surface area contributed by atoms with Crippen LogP contribution in [-0.4, -0.2) is 23.9 Å². The molecule has 1 saturated heterocycles. The van der Waals surface area contributed by atoms with E-state index in [0.29, 0.717) is 5.92 Å². The van der Waals surface area contributed by atoms with E-state index in [9.17, 15) is 0 Å². The molecule has 2 heteroatoms. The van der Waals surface area contributed by atoms with E-state index in [-0.39, 0.29) is 18.8 Å². The van der Waals surface area contributed by atoms with E-state index in [1.54, 1.807) is 0 Å².